The number of benzene rings is 1. The summed E-state index contributed by atoms with van der Waals surface area (Å²) in [6.45, 7) is 1.44. The summed E-state index contributed by atoms with van der Waals surface area (Å²) >= 11 is 0. The van der Waals surface area contributed by atoms with Gasteiger partial charge in [-0.15, -0.1) is 0 Å². The van der Waals surface area contributed by atoms with Crippen LogP contribution in [0, 0.1) is 0 Å². The second kappa shape index (κ2) is 3.22. The molecule has 1 aromatic rings. The first-order chi connectivity index (χ1) is 7.27. The lowest BCUT2D eigenvalue weighted by molar-refractivity contribution is -0.163. The van der Waals surface area contributed by atoms with Crippen molar-refractivity contribution in [3.05, 3.63) is 29.3 Å². The molecule has 0 radical (unpaired) electrons. The first-order valence-corrected chi connectivity index (χ1v) is 5.43. The Hall–Kier alpha value is -1.06. The van der Waals surface area contributed by atoms with Crippen molar-refractivity contribution >= 4 is 5.69 Å². The standard InChI is InChI=1S/C12H15NO2/c13-11-2-1-9-3-4-12(8-10(9)7-11)14-5-6-15-12/h1-2,7H,3-6,8,13H2. The highest BCUT2D eigenvalue weighted by molar-refractivity contribution is 5.46. The molecule has 2 N–H and O–H groups in total. The highest BCUT2D eigenvalue weighted by atomic mass is 16.7. The van der Waals surface area contributed by atoms with E-state index in [1.165, 1.54) is 11.1 Å². The molecule has 1 heterocycles. The van der Waals surface area contributed by atoms with Crippen LogP contribution in [0.25, 0.3) is 0 Å². The van der Waals surface area contributed by atoms with Gasteiger partial charge in [0, 0.05) is 18.5 Å². The van der Waals surface area contributed by atoms with Gasteiger partial charge in [0.05, 0.1) is 13.2 Å². The lowest BCUT2D eigenvalue weighted by Gasteiger charge is -2.32. The van der Waals surface area contributed by atoms with Crippen LogP contribution in [0.4, 0.5) is 5.69 Å². The minimum absolute atomic E-state index is 0.346. The normalized spacial score (nSPS) is 22.9. The molecular formula is C12H15NO2. The van der Waals surface area contributed by atoms with Crippen LogP contribution >= 0.6 is 0 Å². The van der Waals surface area contributed by atoms with Gasteiger partial charge in [0.2, 0.25) is 0 Å². The summed E-state index contributed by atoms with van der Waals surface area (Å²) in [5, 5.41) is 0. The van der Waals surface area contributed by atoms with Crippen molar-refractivity contribution in [3.8, 4) is 0 Å². The van der Waals surface area contributed by atoms with Crippen molar-refractivity contribution in [2.24, 2.45) is 0 Å². The van der Waals surface area contributed by atoms with Crippen molar-refractivity contribution in [1.29, 1.82) is 0 Å². The quantitative estimate of drug-likeness (QED) is 0.653. The number of hydrogen-bond donors (Lipinski definition) is 1. The third-order valence-electron chi connectivity index (χ3n) is 3.28. The van der Waals surface area contributed by atoms with Crippen molar-refractivity contribution < 1.29 is 9.47 Å². The predicted octanol–water partition coefficient (Wildman–Crippen LogP) is 1.50. The first-order valence-electron chi connectivity index (χ1n) is 5.43. The minimum atomic E-state index is -0.346. The summed E-state index contributed by atoms with van der Waals surface area (Å²) in [7, 11) is 0. The Morgan fingerprint density at radius 2 is 1.93 bits per heavy atom. The summed E-state index contributed by atoms with van der Waals surface area (Å²) in [5.74, 6) is -0.346. The smallest absolute Gasteiger partial charge is 0.172 e. The fourth-order valence-electron chi connectivity index (χ4n) is 2.50. The molecule has 0 unspecified atom stereocenters. The zero-order valence-corrected chi connectivity index (χ0v) is 8.66. The van der Waals surface area contributed by atoms with E-state index in [9.17, 15) is 0 Å². The van der Waals surface area contributed by atoms with E-state index in [0.717, 1.165) is 38.2 Å². The first kappa shape index (κ1) is 9.19. The molecule has 0 atom stereocenters. The fraction of sp³-hybridized carbons (Fsp3) is 0.500. The number of ether oxygens (including phenoxy) is 2. The molecule has 1 spiro atoms. The molecule has 1 aliphatic heterocycles. The number of aryl methyl sites for hydroxylation is 1. The Morgan fingerprint density at radius 1 is 1.13 bits per heavy atom. The van der Waals surface area contributed by atoms with Crippen LogP contribution in [0.2, 0.25) is 0 Å². The van der Waals surface area contributed by atoms with E-state index in [-0.39, 0.29) is 5.79 Å². The summed E-state index contributed by atoms with van der Waals surface area (Å²) < 4.78 is 11.4. The molecule has 0 saturated carbocycles. The van der Waals surface area contributed by atoms with Gasteiger partial charge >= 0.3 is 0 Å². The van der Waals surface area contributed by atoms with Gasteiger partial charge in [0.15, 0.2) is 5.79 Å². The second-order valence-corrected chi connectivity index (χ2v) is 4.31. The van der Waals surface area contributed by atoms with Crippen molar-refractivity contribution in [1.82, 2.24) is 0 Å². The maximum atomic E-state index is 5.79. The van der Waals surface area contributed by atoms with Gasteiger partial charge in [-0.3, -0.25) is 0 Å². The average molecular weight is 205 g/mol. The monoisotopic (exact) mass is 205 g/mol. The third kappa shape index (κ3) is 1.52. The van der Waals surface area contributed by atoms with Gasteiger partial charge in [-0.05, 0) is 29.7 Å². The number of nitrogens with two attached hydrogens (primary N) is 1. The van der Waals surface area contributed by atoms with Crippen LogP contribution in [0.15, 0.2) is 18.2 Å². The van der Waals surface area contributed by atoms with Gasteiger partial charge in [0.25, 0.3) is 0 Å². The lowest BCUT2D eigenvalue weighted by atomic mass is 9.87. The van der Waals surface area contributed by atoms with Gasteiger partial charge in [-0.2, -0.15) is 0 Å². The third-order valence-corrected chi connectivity index (χ3v) is 3.28. The number of hydrogen-bond acceptors (Lipinski definition) is 3. The molecule has 1 aliphatic carbocycles. The van der Waals surface area contributed by atoms with Crippen molar-refractivity contribution in [3.63, 3.8) is 0 Å². The van der Waals surface area contributed by atoms with Crippen LogP contribution in [-0.2, 0) is 22.3 Å². The van der Waals surface area contributed by atoms with Crippen LogP contribution in [0.1, 0.15) is 17.5 Å². The Balaban J connectivity index is 1.94. The maximum absolute atomic E-state index is 5.79. The van der Waals surface area contributed by atoms with E-state index in [0.29, 0.717) is 0 Å². The molecule has 0 aromatic heterocycles. The number of rotatable bonds is 0. The molecule has 15 heavy (non-hydrogen) atoms. The van der Waals surface area contributed by atoms with Crippen molar-refractivity contribution in [2.45, 2.75) is 25.0 Å². The Morgan fingerprint density at radius 3 is 2.73 bits per heavy atom. The van der Waals surface area contributed by atoms with Crippen LogP contribution in [0.5, 0.6) is 0 Å². The van der Waals surface area contributed by atoms with E-state index in [2.05, 4.69) is 6.07 Å². The maximum Gasteiger partial charge on any atom is 0.172 e. The molecule has 1 saturated heterocycles. The van der Waals surface area contributed by atoms with Crippen LogP contribution in [0.3, 0.4) is 0 Å². The molecule has 3 heteroatoms. The van der Waals surface area contributed by atoms with Gasteiger partial charge in [-0.1, -0.05) is 6.07 Å². The van der Waals surface area contributed by atoms with E-state index in [1.54, 1.807) is 0 Å². The largest absolute Gasteiger partial charge is 0.399 e. The summed E-state index contributed by atoms with van der Waals surface area (Å²) in [6, 6.07) is 6.13. The summed E-state index contributed by atoms with van der Waals surface area (Å²) in [5.41, 5.74) is 9.27. The topological polar surface area (TPSA) is 44.5 Å². The zero-order chi connectivity index (χ0) is 10.3. The Kier molecular flexibility index (Phi) is 1.97. The van der Waals surface area contributed by atoms with E-state index in [4.69, 9.17) is 15.2 Å². The Bertz CT molecular complexity index is 383. The van der Waals surface area contributed by atoms with Crippen LogP contribution < -0.4 is 5.73 Å². The van der Waals surface area contributed by atoms with E-state index < -0.39 is 0 Å². The summed E-state index contributed by atoms with van der Waals surface area (Å²) in [4.78, 5) is 0. The summed E-state index contributed by atoms with van der Waals surface area (Å²) in [6.07, 6.45) is 2.83. The molecule has 1 aromatic carbocycles. The number of nitrogen functional groups attached to an aromatic ring is 1. The molecule has 3 rings (SSSR count). The molecule has 80 valence electrons. The highest BCUT2D eigenvalue weighted by Crippen LogP contribution is 2.35. The Labute approximate surface area is 89.2 Å². The van der Waals surface area contributed by atoms with Crippen LogP contribution in [-0.4, -0.2) is 19.0 Å². The van der Waals surface area contributed by atoms with Crippen molar-refractivity contribution in [2.75, 3.05) is 18.9 Å². The SMILES string of the molecule is Nc1ccc2c(c1)CC1(CC2)OCCO1. The molecular weight excluding hydrogens is 190 g/mol. The zero-order valence-electron chi connectivity index (χ0n) is 8.66. The molecule has 0 bridgehead atoms. The lowest BCUT2D eigenvalue weighted by Crippen LogP contribution is -2.36. The number of anilines is 1. The van der Waals surface area contributed by atoms with Gasteiger partial charge in [-0.25, -0.2) is 0 Å². The average Bonchev–Trinajstić information content (AvgIpc) is 2.66. The number of fused-ring (bicyclic) bond motifs is 1. The fourth-order valence-corrected chi connectivity index (χ4v) is 2.50. The van der Waals surface area contributed by atoms with Gasteiger partial charge in [0.1, 0.15) is 0 Å². The van der Waals surface area contributed by atoms with E-state index in [1.807, 2.05) is 12.1 Å². The predicted molar refractivity (Wildman–Crippen MR) is 57.5 cm³/mol. The molecule has 2 aliphatic rings. The van der Waals surface area contributed by atoms with E-state index >= 15 is 0 Å². The second-order valence-electron chi connectivity index (χ2n) is 4.31. The highest BCUT2D eigenvalue weighted by Gasteiger charge is 2.39. The minimum Gasteiger partial charge on any atom is -0.399 e. The molecule has 1 fully saturated rings. The molecule has 3 nitrogen and oxygen atoms in total. The molecule has 0 amide bonds. The van der Waals surface area contributed by atoms with Gasteiger partial charge < -0.3 is 15.2 Å².